The number of benzene rings is 1. The summed E-state index contributed by atoms with van der Waals surface area (Å²) >= 11 is 1.51. The van der Waals surface area contributed by atoms with Gasteiger partial charge in [-0.25, -0.2) is 0 Å². The second kappa shape index (κ2) is 6.97. The van der Waals surface area contributed by atoms with Crippen molar-refractivity contribution in [2.45, 2.75) is 49.1 Å². The Morgan fingerprint density at radius 3 is 2.42 bits per heavy atom. The molecule has 0 radical (unpaired) electrons. The minimum atomic E-state index is -0.303. The molecule has 5 nitrogen and oxygen atoms in total. The van der Waals surface area contributed by atoms with Crippen LogP contribution in [0.3, 0.4) is 0 Å². The van der Waals surface area contributed by atoms with Crippen molar-refractivity contribution in [1.29, 1.82) is 0 Å². The Morgan fingerprint density at radius 1 is 1.21 bits per heavy atom. The first-order valence-electron chi connectivity index (χ1n) is 8.36. The Kier molecular flexibility index (Phi) is 4.94. The summed E-state index contributed by atoms with van der Waals surface area (Å²) < 4.78 is 2.24. The maximum absolute atomic E-state index is 12.7. The molecule has 1 atom stereocenters. The third kappa shape index (κ3) is 3.48. The molecule has 0 spiro atoms. The summed E-state index contributed by atoms with van der Waals surface area (Å²) in [6, 6.07) is 10.4. The summed E-state index contributed by atoms with van der Waals surface area (Å²) in [5.41, 5.74) is 0.998. The number of hydrogen-bond acceptors (Lipinski definition) is 4. The summed E-state index contributed by atoms with van der Waals surface area (Å²) in [5, 5.41) is 9.36. The lowest BCUT2D eigenvalue weighted by Gasteiger charge is -2.20. The van der Waals surface area contributed by atoms with Crippen molar-refractivity contribution < 1.29 is 4.79 Å². The first-order chi connectivity index (χ1) is 11.5. The number of nitrogens with zero attached hydrogens (tertiary/aromatic N) is 4. The molecule has 6 heteroatoms. The maximum Gasteiger partial charge on any atom is 0.240 e. The van der Waals surface area contributed by atoms with Gasteiger partial charge in [0.2, 0.25) is 5.91 Å². The van der Waals surface area contributed by atoms with E-state index in [1.165, 1.54) is 24.6 Å². The molecule has 1 aliphatic carbocycles. The van der Waals surface area contributed by atoms with Gasteiger partial charge in [0.05, 0.1) is 0 Å². The molecular formula is C18H24N4OS. The van der Waals surface area contributed by atoms with Gasteiger partial charge in [0, 0.05) is 26.1 Å². The molecule has 1 heterocycles. The lowest BCUT2D eigenvalue weighted by molar-refractivity contribution is -0.128. The molecule has 1 amide bonds. The second-order valence-electron chi connectivity index (χ2n) is 6.74. The summed E-state index contributed by atoms with van der Waals surface area (Å²) in [6.07, 6.45) is 2.34. The van der Waals surface area contributed by atoms with E-state index in [1.54, 1.807) is 19.0 Å². The van der Waals surface area contributed by atoms with Gasteiger partial charge in [-0.1, -0.05) is 55.9 Å². The van der Waals surface area contributed by atoms with Crippen LogP contribution in [0.25, 0.3) is 0 Å². The van der Waals surface area contributed by atoms with Crippen molar-refractivity contribution in [3.05, 3.63) is 41.7 Å². The smallest absolute Gasteiger partial charge is 0.240 e. The molecule has 1 aromatic carbocycles. The van der Waals surface area contributed by atoms with Crippen LogP contribution < -0.4 is 0 Å². The molecule has 0 saturated heterocycles. The zero-order valence-corrected chi connectivity index (χ0v) is 15.5. The van der Waals surface area contributed by atoms with Gasteiger partial charge in [-0.3, -0.25) is 4.79 Å². The van der Waals surface area contributed by atoms with E-state index >= 15 is 0 Å². The number of rotatable bonds is 6. The Bertz CT molecular complexity index is 707. The van der Waals surface area contributed by atoms with Crippen LogP contribution in [0, 0.1) is 0 Å². The zero-order chi connectivity index (χ0) is 17.3. The van der Waals surface area contributed by atoms with Gasteiger partial charge in [-0.15, -0.1) is 10.2 Å². The van der Waals surface area contributed by atoms with E-state index in [-0.39, 0.29) is 11.2 Å². The van der Waals surface area contributed by atoms with Crippen LogP contribution in [0.1, 0.15) is 55.3 Å². The first kappa shape index (κ1) is 17.0. The van der Waals surface area contributed by atoms with Crippen molar-refractivity contribution in [3.8, 4) is 0 Å². The van der Waals surface area contributed by atoms with Gasteiger partial charge >= 0.3 is 0 Å². The minimum Gasteiger partial charge on any atom is -0.348 e. The van der Waals surface area contributed by atoms with E-state index < -0.39 is 0 Å². The number of hydrogen-bond donors (Lipinski definition) is 0. The molecule has 1 aliphatic rings. The van der Waals surface area contributed by atoms with Gasteiger partial charge in [-0.05, 0) is 18.4 Å². The largest absolute Gasteiger partial charge is 0.348 e. The number of aromatic nitrogens is 3. The summed E-state index contributed by atoms with van der Waals surface area (Å²) in [7, 11) is 3.59. The fraction of sp³-hybridized carbons (Fsp3) is 0.500. The topological polar surface area (TPSA) is 51.0 Å². The monoisotopic (exact) mass is 344 g/mol. The number of carbonyl (C=O) groups excluding carboxylic acids is 1. The number of amides is 1. The molecule has 24 heavy (non-hydrogen) atoms. The molecule has 0 bridgehead atoms. The fourth-order valence-electron chi connectivity index (χ4n) is 2.67. The minimum absolute atomic E-state index is 0.0719. The van der Waals surface area contributed by atoms with Crippen LogP contribution in [0.5, 0.6) is 0 Å². The molecule has 0 aliphatic heterocycles. The third-order valence-corrected chi connectivity index (χ3v) is 5.31. The van der Waals surface area contributed by atoms with Crippen LogP contribution in [0.15, 0.2) is 35.5 Å². The predicted molar refractivity (Wildman–Crippen MR) is 96.1 cm³/mol. The van der Waals surface area contributed by atoms with E-state index in [4.69, 9.17) is 0 Å². The van der Waals surface area contributed by atoms with Crippen molar-refractivity contribution in [3.63, 3.8) is 0 Å². The maximum atomic E-state index is 12.7. The van der Waals surface area contributed by atoms with E-state index in [2.05, 4.69) is 28.6 Å². The van der Waals surface area contributed by atoms with Crippen molar-refractivity contribution in [2.24, 2.45) is 0 Å². The van der Waals surface area contributed by atoms with Gasteiger partial charge in [-0.2, -0.15) is 0 Å². The predicted octanol–water partition coefficient (Wildman–Crippen LogP) is 3.66. The molecular weight excluding hydrogens is 320 g/mol. The quantitative estimate of drug-likeness (QED) is 0.751. The van der Waals surface area contributed by atoms with E-state index in [9.17, 15) is 4.79 Å². The molecule has 1 unspecified atom stereocenters. The van der Waals surface area contributed by atoms with Gasteiger partial charge < -0.3 is 9.47 Å². The normalized spacial score (nSPS) is 15.5. The van der Waals surface area contributed by atoms with Crippen molar-refractivity contribution in [2.75, 3.05) is 14.1 Å². The highest BCUT2D eigenvalue weighted by Crippen LogP contribution is 2.43. The highest BCUT2D eigenvalue weighted by atomic mass is 32.2. The molecule has 1 aromatic heterocycles. The van der Waals surface area contributed by atoms with E-state index in [1.807, 2.05) is 30.3 Å². The highest BCUT2D eigenvalue weighted by molar-refractivity contribution is 8.00. The van der Waals surface area contributed by atoms with Gasteiger partial charge in [0.1, 0.15) is 11.1 Å². The zero-order valence-electron chi connectivity index (χ0n) is 14.6. The van der Waals surface area contributed by atoms with Crippen molar-refractivity contribution >= 4 is 17.7 Å². The van der Waals surface area contributed by atoms with Crippen LogP contribution in [0.4, 0.5) is 0 Å². The molecule has 1 saturated carbocycles. The fourth-order valence-corrected chi connectivity index (χ4v) is 3.93. The SMILES string of the molecule is CC(C)c1nnc(SC(C(=O)N(C)C)c2ccccc2)n1C1CC1. The van der Waals surface area contributed by atoms with E-state index in [0.29, 0.717) is 12.0 Å². The molecule has 1 fully saturated rings. The standard InChI is InChI=1S/C18H24N4OS/c1-12(2)16-19-20-18(22(16)14-10-11-14)24-15(17(23)21(3)4)13-8-6-5-7-9-13/h5-9,12,14-15H,10-11H2,1-4H3. The molecule has 128 valence electrons. The second-order valence-corrected chi connectivity index (χ2v) is 7.81. The third-order valence-electron chi connectivity index (χ3n) is 4.11. The number of likely N-dealkylation sites (N-methyl/N-ethyl adjacent to an activating group) is 1. The Labute approximate surface area is 147 Å². The van der Waals surface area contributed by atoms with Crippen LogP contribution in [0.2, 0.25) is 0 Å². The van der Waals surface area contributed by atoms with Crippen LogP contribution in [-0.4, -0.2) is 39.7 Å². The number of carbonyl (C=O) groups is 1. The van der Waals surface area contributed by atoms with E-state index in [0.717, 1.165) is 16.5 Å². The lowest BCUT2D eigenvalue weighted by Crippen LogP contribution is -2.27. The lowest BCUT2D eigenvalue weighted by atomic mass is 10.1. The highest BCUT2D eigenvalue weighted by Gasteiger charge is 2.33. The average molecular weight is 344 g/mol. The van der Waals surface area contributed by atoms with Gasteiger partial charge in [0.15, 0.2) is 5.16 Å². The Balaban J connectivity index is 1.95. The summed E-state index contributed by atoms with van der Waals surface area (Å²) in [6.45, 7) is 4.27. The molecule has 0 N–H and O–H groups in total. The summed E-state index contributed by atoms with van der Waals surface area (Å²) in [4.78, 5) is 14.4. The molecule has 2 aromatic rings. The average Bonchev–Trinajstić information content (AvgIpc) is 3.32. The Morgan fingerprint density at radius 2 is 1.88 bits per heavy atom. The van der Waals surface area contributed by atoms with Crippen LogP contribution in [-0.2, 0) is 4.79 Å². The number of thioether (sulfide) groups is 1. The first-order valence-corrected chi connectivity index (χ1v) is 9.24. The molecule has 3 rings (SSSR count). The summed E-state index contributed by atoms with van der Waals surface area (Å²) in [5.74, 6) is 1.42. The Hall–Kier alpha value is -1.82. The van der Waals surface area contributed by atoms with Gasteiger partial charge in [0.25, 0.3) is 0 Å². The van der Waals surface area contributed by atoms with Crippen molar-refractivity contribution in [1.82, 2.24) is 19.7 Å². The van der Waals surface area contributed by atoms with Crippen LogP contribution >= 0.6 is 11.8 Å².